The van der Waals surface area contributed by atoms with E-state index in [4.69, 9.17) is 10.5 Å². The number of aryl methyl sites for hydroxylation is 2. The maximum atomic E-state index is 11.5. The summed E-state index contributed by atoms with van der Waals surface area (Å²) in [7, 11) is 1.31. The third-order valence-electron chi connectivity index (χ3n) is 4.38. The zero-order valence-corrected chi connectivity index (χ0v) is 17.3. The fourth-order valence-electron chi connectivity index (χ4n) is 2.82. The summed E-state index contributed by atoms with van der Waals surface area (Å²) in [6, 6.07) is 13.3. The lowest BCUT2D eigenvalue weighted by Gasteiger charge is -2.16. The average molecular weight is 412 g/mol. The van der Waals surface area contributed by atoms with Crippen molar-refractivity contribution in [2.24, 2.45) is 5.73 Å². The van der Waals surface area contributed by atoms with Gasteiger partial charge in [0, 0.05) is 30.8 Å². The van der Waals surface area contributed by atoms with Crippen LogP contribution in [-0.4, -0.2) is 43.3 Å². The molecule has 0 aliphatic heterocycles. The van der Waals surface area contributed by atoms with E-state index < -0.39 is 12.1 Å². The van der Waals surface area contributed by atoms with Gasteiger partial charge < -0.3 is 25.6 Å². The SMILES string of the molecule is COC(=O)/C=C/c1cccc(CCc2ccc(NC(C)=O)cc2)c1OCC(O)CN. The Kier molecular flexibility index (Phi) is 9.05. The number of aliphatic hydroxyl groups is 1. The normalized spacial score (nSPS) is 11.9. The molecule has 0 aliphatic rings. The van der Waals surface area contributed by atoms with Gasteiger partial charge in [0.05, 0.1) is 7.11 Å². The van der Waals surface area contributed by atoms with Crippen LogP contribution in [0, 0.1) is 0 Å². The molecule has 0 saturated carbocycles. The minimum absolute atomic E-state index is 0.0536. The molecule has 7 nitrogen and oxygen atoms in total. The molecule has 2 aromatic carbocycles. The molecule has 2 rings (SSSR count). The van der Waals surface area contributed by atoms with E-state index in [0.717, 1.165) is 23.2 Å². The number of amides is 1. The van der Waals surface area contributed by atoms with E-state index in [-0.39, 0.29) is 19.1 Å². The van der Waals surface area contributed by atoms with E-state index in [2.05, 4.69) is 10.1 Å². The molecule has 0 aliphatic carbocycles. The van der Waals surface area contributed by atoms with Gasteiger partial charge in [-0.2, -0.15) is 0 Å². The zero-order valence-electron chi connectivity index (χ0n) is 17.3. The van der Waals surface area contributed by atoms with Gasteiger partial charge in [-0.25, -0.2) is 4.79 Å². The first-order chi connectivity index (χ1) is 14.4. The molecule has 0 heterocycles. The molecule has 0 fully saturated rings. The van der Waals surface area contributed by atoms with E-state index in [1.54, 1.807) is 6.08 Å². The molecule has 30 heavy (non-hydrogen) atoms. The number of aliphatic hydroxyl groups excluding tert-OH is 1. The first-order valence-corrected chi connectivity index (χ1v) is 9.68. The van der Waals surface area contributed by atoms with Crippen molar-refractivity contribution in [1.82, 2.24) is 0 Å². The highest BCUT2D eigenvalue weighted by molar-refractivity contribution is 5.88. The molecule has 160 valence electrons. The highest BCUT2D eigenvalue weighted by Gasteiger charge is 2.12. The Hall–Kier alpha value is -3.16. The number of hydrogen-bond acceptors (Lipinski definition) is 6. The van der Waals surface area contributed by atoms with Crippen LogP contribution in [0.2, 0.25) is 0 Å². The smallest absolute Gasteiger partial charge is 0.330 e. The minimum atomic E-state index is -0.781. The monoisotopic (exact) mass is 412 g/mol. The standard InChI is InChI=1S/C23H28N2O5/c1-16(26)25-20-11-7-17(8-12-20)6-9-18-4-3-5-19(10-13-22(28)29-2)23(18)30-15-21(27)14-24/h3-5,7-8,10-13,21,27H,6,9,14-15,24H2,1-2H3,(H,25,26)/b13-10+. The first kappa shape index (κ1) is 23.1. The van der Waals surface area contributed by atoms with Crippen molar-refractivity contribution >= 4 is 23.6 Å². The summed E-state index contributed by atoms with van der Waals surface area (Å²) in [5.74, 6) is 0.0219. The number of rotatable bonds is 10. The summed E-state index contributed by atoms with van der Waals surface area (Å²) in [4.78, 5) is 22.6. The van der Waals surface area contributed by atoms with E-state index in [1.807, 2.05) is 42.5 Å². The van der Waals surface area contributed by atoms with Crippen LogP contribution in [-0.2, 0) is 27.2 Å². The van der Waals surface area contributed by atoms with E-state index in [1.165, 1.54) is 20.1 Å². The number of carbonyl (C=O) groups excluding carboxylic acids is 2. The highest BCUT2D eigenvalue weighted by atomic mass is 16.5. The maximum Gasteiger partial charge on any atom is 0.330 e. The van der Waals surface area contributed by atoms with Crippen LogP contribution in [0.4, 0.5) is 5.69 Å². The number of hydrogen-bond donors (Lipinski definition) is 3. The van der Waals surface area contributed by atoms with Crippen LogP contribution in [0.3, 0.4) is 0 Å². The van der Waals surface area contributed by atoms with Crippen molar-refractivity contribution in [3.63, 3.8) is 0 Å². The lowest BCUT2D eigenvalue weighted by molar-refractivity contribution is -0.134. The number of esters is 1. The molecule has 0 bridgehead atoms. The Bertz CT molecular complexity index is 878. The van der Waals surface area contributed by atoms with Crippen molar-refractivity contribution in [2.75, 3.05) is 25.6 Å². The number of anilines is 1. The fourth-order valence-corrected chi connectivity index (χ4v) is 2.82. The second-order valence-corrected chi connectivity index (χ2v) is 6.77. The molecule has 7 heteroatoms. The molecular weight excluding hydrogens is 384 g/mol. The van der Waals surface area contributed by atoms with Crippen molar-refractivity contribution in [2.45, 2.75) is 25.9 Å². The number of ether oxygens (including phenoxy) is 2. The maximum absolute atomic E-state index is 11.5. The highest BCUT2D eigenvalue weighted by Crippen LogP contribution is 2.27. The molecule has 1 atom stereocenters. The molecule has 0 saturated heterocycles. The van der Waals surface area contributed by atoms with Gasteiger partial charge in [-0.3, -0.25) is 4.79 Å². The van der Waals surface area contributed by atoms with Crippen molar-refractivity contribution in [3.05, 3.63) is 65.2 Å². The Morgan fingerprint density at radius 2 is 1.90 bits per heavy atom. The van der Waals surface area contributed by atoms with Crippen LogP contribution in [0.1, 0.15) is 23.6 Å². The predicted octanol–water partition coefficient (Wildman–Crippen LogP) is 2.31. The average Bonchev–Trinajstić information content (AvgIpc) is 2.75. The number of benzene rings is 2. The Morgan fingerprint density at radius 3 is 2.53 bits per heavy atom. The molecule has 2 aromatic rings. The minimum Gasteiger partial charge on any atom is -0.490 e. The molecule has 1 unspecified atom stereocenters. The predicted molar refractivity (Wildman–Crippen MR) is 116 cm³/mol. The second-order valence-electron chi connectivity index (χ2n) is 6.77. The summed E-state index contributed by atoms with van der Waals surface area (Å²) >= 11 is 0. The number of carbonyl (C=O) groups is 2. The molecular formula is C23H28N2O5. The van der Waals surface area contributed by atoms with E-state index >= 15 is 0 Å². The fraction of sp³-hybridized carbons (Fsp3) is 0.304. The third kappa shape index (κ3) is 7.35. The number of para-hydroxylation sites is 1. The van der Waals surface area contributed by atoms with Crippen LogP contribution < -0.4 is 15.8 Å². The van der Waals surface area contributed by atoms with Gasteiger partial charge in [-0.1, -0.05) is 30.3 Å². The van der Waals surface area contributed by atoms with Gasteiger partial charge in [0.15, 0.2) is 0 Å². The van der Waals surface area contributed by atoms with Crippen molar-refractivity contribution in [3.8, 4) is 5.75 Å². The largest absolute Gasteiger partial charge is 0.490 e. The van der Waals surface area contributed by atoms with Crippen LogP contribution in [0.15, 0.2) is 48.5 Å². The Labute approximate surface area is 176 Å². The summed E-state index contributed by atoms with van der Waals surface area (Å²) in [6.07, 6.45) is 3.61. The Balaban J connectivity index is 2.19. The third-order valence-corrected chi connectivity index (χ3v) is 4.38. The lowest BCUT2D eigenvalue weighted by atomic mass is 10.0. The van der Waals surface area contributed by atoms with E-state index in [9.17, 15) is 14.7 Å². The number of nitrogens with two attached hydrogens (primary N) is 1. The quantitative estimate of drug-likeness (QED) is 0.408. The molecule has 0 aromatic heterocycles. The summed E-state index contributed by atoms with van der Waals surface area (Å²) in [5.41, 5.74) is 8.98. The van der Waals surface area contributed by atoms with Gasteiger partial charge in [-0.15, -0.1) is 0 Å². The van der Waals surface area contributed by atoms with Crippen molar-refractivity contribution in [1.29, 1.82) is 0 Å². The zero-order chi connectivity index (χ0) is 21.9. The van der Waals surface area contributed by atoms with Crippen LogP contribution in [0.5, 0.6) is 5.75 Å². The number of methoxy groups -OCH3 is 1. The molecule has 4 N–H and O–H groups in total. The topological polar surface area (TPSA) is 111 Å². The van der Waals surface area contributed by atoms with Gasteiger partial charge in [0.25, 0.3) is 0 Å². The number of nitrogens with one attached hydrogen (secondary N) is 1. The second kappa shape index (κ2) is 11.7. The van der Waals surface area contributed by atoms with Crippen LogP contribution >= 0.6 is 0 Å². The summed E-state index contributed by atoms with van der Waals surface area (Å²) in [5, 5.41) is 12.5. The summed E-state index contributed by atoms with van der Waals surface area (Å²) < 4.78 is 10.5. The Morgan fingerprint density at radius 1 is 1.17 bits per heavy atom. The molecule has 0 radical (unpaired) electrons. The molecule has 0 spiro atoms. The molecule has 1 amide bonds. The first-order valence-electron chi connectivity index (χ1n) is 9.68. The van der Waals surface area contributed by atoms with Gasteiger partial charge in [-0.05, 0) is 42.2 Å². The van der Waals surface area contributed by atoms with Crippen molar-refractivity contribution < 1.29 is 24.2 Å². The summed E-state index contributed by atoms with van der Waals surface area (Å²) in [6.45, 7) is 1.62. The van der Waals surface area contributed by atoms with Gasteiger partial charge in [0.2, 0.25) is 5.91 Å². The lowest BCUT2D eigenvalue weighted by Crippen LogP contribution is -2.27. The van der Waals surface area contributed by atoms with Gasteiger partial charge in [0.1, 0.15) is 18.5 Å². The van der Waals surface area contributed by atoms with Gasteiger partial charge >= 0.3 is 5.97 Å². The van der Waals surface area contributed by atoms with Crippen LogP contribution in [0.25, 0.3) is 6.08 Å². The van der Waals surface area contributed by atoms with E-state index in [0.29, 0.717) is 17.7 Å².